The molecule has 1 saturated heterocycles. The van der Waals surface area contributed by atoms with Gasteiger partial charge < -0.3 is 9.64 Å². The molecule has 0 spiro atoms. The van der Waals surface area contributed by atoms with E-state index in [0.29, 0.717) is 25.3 Å². The van der Waals surface area contributed by atoms with Gasteiger partial charge in [-0.2, -0.15) is 0 Å². The third kappa shape index (κ3) is 4.78. The van der Waals surface area contributed by atoms with Crippen LogP contribution in [0.1, 0.15) is 26.7 Å². The lowest BCUT2D eigenvalue weighted by Crippen LogP contribution is -2.50. The molecule has 1 aliphatic heterocycles. The molecule has 1 heterocycles. The van der Waals surface area contributed by atoms with Crippen LogP contribution in [0.2, 0.25) is 10.0 Å². The second-order valence-electron chi connectivity index (χ2n) is 6.32. The number of amides is 1. The SMILES string of the molecule is COc1cc(Cl)c(S(=O)(=O)NC2CCCN(C(=O)C(C)C)C2)cc1Cl. The number of nitrogens with zero attached hydrogens (tertiary/aromatic N) is 1. The van der Waals surface area contributed by atoms with Gasteiger partial charge in [-0.15, -0.1) is 0 Å². The van der Waals surface area contributed by atoms with Gasteiger partial charge in [0.25, 0.3) is 0 Å². The van der Waals surface area contributed by atoms with Crippen molar-refractivity contribution in [3.8, 4) is 5.75 Å². The van der Waals surface area contributed by atoms with Gasteiger partial charge in [0.1, 0.15) is 10.6 Å². The number of sulfonamides is 1. The number of likely N-dealkylation sites (tertiary alicyclic amines) is 1. The number of rotatable bonds is 5. The molecular formula is C16H22Cl2N2O4S. The van der Waals surface area contributed by atoms with Gasteiger partial charge in [-0.3, -0.25) is 4.79 Å². The minimum absolute atomic E-state index is 0.0226. The molecule has 0 bridgehead atoms. The molecular weight excluding hydrogens is 387 g/mol. The van der Waals surface area contributed by atoms with E-state index in [-0.39, 0.29) is 32.8 Å². The monoisotopic (exact) mass is 408 g/mol. The lowest BCUT2D eigenvalue weighted by Gasteiger charge is -2.34. The van der Waals surface area contributed by atoms with E-state index in [1.54, 1.807) is 4.90 Å². The Labute approximate surface area is 158 Å². The molecule has 0 radical (unpaired) electrons. The third-order valence-electron chi connectivity index (χ3n) is 4.04. The van der Waals surface area contributed by atoms with E-state index < -0.39 is 10.0 Å². The molecule has 2 rings (SSSR count). The molecule has 1 atom stereocenters. The zero-order valence-corrected chi connectivity index (χ0v) is 16.7. The van der Waals surface area contributed by atoms with Crippen LogP contribution in [0.4, 0.5) is 0 Å². The van der Waals surface area contributed by atoms with Crippen molar-refractivity contribution in [2.24, 2.45) is 5.92 Å². The standard InChI is InChI=1S/C16H22Cl2N2O4S/c1-10(2)16(21)20-6-4-5-11(9-20)19-25(22,23)15-8-12(17)14(24-3)7-13(15)18/h7-8,10-11,19H,4-6,9H2,1-3H3. The average molecular weight is 409 g/mol. The van der Waals surface area contributed by atoms with Crippen molar-refractivity contribution in [1.82, 2.24) is 9.62 Å². The Kier molecular flexibility index (Phi) is 6.59. The van der Waals surface area contributed by atoms with Gasteiger partial charge in [0.15, 0.2) is 0 Å². The summed E-state index contributed by atoms with van der Waals surface area (Å²) in [6.45, 7) is 4.65. The van der Waals surface area contributed by atoms with E-state index in [1.165, 1.54) is 19.2 Å². The van der Waals surface area contributed by atoms with Crippen LogP contribution in [-0.4, -0.2) is 45.5 Å². The molecule has 9 heteroatoms. The average Bonchev–Trinajstić information content (AvgIpc) is 2.55. The molecule has 1 aromatic carbocycles. The van der Waals surface area contributed by atoms with Crippen molar-refractivity contribution in [3.63, 3.8) is 0 Å². The third-order valence-corrected chi connectivity index (χ3v) is 6.33. The Morgan fingerprint density at radius 3 is 2.60 bits per heavy atom. The predicted molar refractivity (Wildman–Crippen MR) is 97.8 cm³/mol. The van der Waals surface area contributed by atoms with Gasteiger partial charge in [-0.25, -0.2) is 13.1 Å². The lowest BCUT2D eigenvalue weighted by molar-refractivity contribution is -0.135. The molecule has 1 fully saturated rings. The van der Waals surface area contributed by atoms with Crippen LogP contribution in [0.15, 0.2) is 17.0 Å². The Morgan fingerprint density at radius 1 is 1.32 bits per heavy atom. The largest absolute Gasteiger partial charge is 0.495 e. The number of ether oxygens (including phenoxy) is 1. The summed E-state index contributed by atoms with van der Waals surface area (Å²) in [6, 6.07) is 2.28. The number of carbonyl (C=O) groups excluding carboxylic acids is 1. The van der Waals surface area contributed by atoms with Crippen LogP contribution >= 0.6 is 23.2 Å². The van der Waals surface area contributed by atoms with Crippen LogP contribution in [0.25, 0.3) is 0 Å². The minimum Gasteiger partial charge on any atom is -0.495 e. The molecule has 0 aliphatic carbocycles. The second-order valence-corrected chi connectivity index (χ2v) is 8.81. The molecule has 0 saturated carbocycles. The van der Waals surface area contributed by atoms with Crippen LogP contribution in [-0.2, 0) is 14.8 Å². The Balaban J connectivity index is 2.18. The normalized spacial score (nSPS) is 18.5. The van der Waals surface area contributed by atoms with Crippen molar-refractivity contribution in [2.75, 3.05) is 20.2 Å². The molecule has 1 aliphatic rings. The van der Waals surface area contributed by atoms with E-state index in [2.05, 4.69) is 4.72 Å². The summed E-state index contributed by atoms with van der Waals surface area (Å²) in [5.74, 6) is 0.205. The zero-order chi connectivity index (χ0) is 18.8. The van der Waals surface area contributed by atoms with E-state index in [1.807, 2.05) is 13.8 Å². The first-order valence-corrected chi connectivity index (χ1v) is 10.2. The van der Waals surface area contributed by atoms with Crippen LogP contribution in [0.5, 0.6) is 5.75 Å². The van der Waals surface area contributed by atoms with E-state index in [0.717, 1.165) is 6.42 Å². The first-order valence-electron chi connectivity index (χ1n) is 8.00. The maximum atomic E-state index is 12.7. The Morgan fingerprint density at radius 2 is 2.00 bits per heavy atom. The summed E-state index contributed by atoms with van der Waals surface area (Å²) < 4.78 is 33.0. The zero-order valence-electron chi connectivity index (χ0n) is 14.4. The fourth-order valence-electron chi connectivity index (χ4n) is 2.79. The molecule has 1 unspecified atom stereocenters. The number of halogens is 2. The summed E-state index contributed by atoms with van der Waals surface area (Å²) >= 11 is 12.1. The molecule has 140 valence electrons. The number of hydrogen-bond donors (Lipinski definition) is 1. The highest BCUT2D eigenvalue weighted by atomic mass is 35.5. The Hall–Kier alpha value is -1.02. The van der Waals surface area contributed by atoms with Crippen molar-refractivity contribution in [1.29, 1.82) is 0 Å². The quantitative estimate of drug-likeness (QED) is 0.812. The highest BCUT2D eigenvalue weighted by Crippen LogP contribution is 2.33. The van der Waals surface area contributed by atoms with Crippen molar-refractivity contribution in [3.05, 3.63) is 22.2 Å². The number of piperidine rings is 1. The first kappa shape index (κ1) is 20.3. The van der Waals surface area contributed by atoms with Gasteiger partial charge in [0.05, 0.1) is 17.2 Å². The fourth-order valence-corrected chi connectivity index (χ4v) is 4.90. The van der Waals surface area contributed by atoms with Crippen LogP contribution in [0, 0.1) is 5.92 Å². The Bertz CT molecular complexity index is 753. The number of nitrogens with one attached hydrogen (secondary N) is 1. The summed E-state index contributed by atoms with van der Waals surface area (Å²) in [4.78, 5) is 13.7. The van der Waals surface area contributed by atoms with E-state index in [4.69, 9.17) is 27.9 Å². The second kappa shape index (κ2) is 8.12. The smallest absolute Gasteiger partial charge is 0.242 e. The van der Waals surface area contributed by atoms with E-state index in [9.17, 15) is 13.2 Å². The minimum atomic E-state index is -3.87. The molecule has 6 nitrogen and oxygen atoms in total. The number of carbonyl (C=O) groups is 1. The summed E-state index contributed by atoms with van der Waals surface area (Å²) in [5.41, 5.74) is 0. The molecule has 1 amide bonds. The predicted octanol–water partition coefficient (Wildman–Crippen LogP) is 2.93. The van der Waals surface area contributed by atoms with Crippen molar-refractivity contribution >= 4 is 39.1 Å². The van der Waals surface area contributed by atoms with Gasteiger partial charge >= 0.3 is 0 Å². The topological polar surface area (TPSA) is 75.7 Å². The van der Waals surface area contributed by atoms with Crippen LogP contribution < -0.4 is 9.46 Å². The maximum Gasteiger partial charge on any atom is 0.242 e. The van der Waals surface area contributed by atoms with Crippen LogP contribution in [0.3, 0.4) is 0 Å². The molecule has 25 heavy (non-hydrogen) atoms. The number of benzene rings is 1. The van der Waals surface area contributed by atoms with Gasteiger partial charge in [-0.1, -0.05) is 37.0 Å². The summed E-state index contributed by atoms with van der Waals surface area (Å²) in [6.07, 6.45) is 1.39. The molecule has 0 aromatic heterocycles. The molecule has 1 N–H and O–H groups in total. The highest BCUT2D eigenvalue weighted by molar-refractivity contribution is 7.89. The highest BCUT2D eigenvalue weighted by Gasteiger charge is 2.29. The summed E-state index contributed by atoms with van der Waals surface area (Å²) in [7, 11) is -2.44. The maximum absolute atomic E-state index is 12.7. The lowest BCUT2D eigenvalue weighted by atomic mass is 10.0. The molecule has 1 aromatic rings. The number of hydrogen-bond acceptors (Lipinski definition) is 4. The number of methoxy groups -OCH3 is 1. The first-order chi connectivity index (χ1) is 11.7. The fraction of sp³-hybridized carbons (Fsp3) is 0.562. The van der Waals surface area contributed by atoms with Crippen molar-refractivity contribution in [2.45, 2.75) is 37.6 Å². The van der Waals surface area contributed by atoms with Gasteiger partial charge in [0, 0.05) is 31.1 Å². The van der Waals surface area contributed by atoms with E-state index >= 15 is 0 Å². The van der Waals surface area contributed by atoms with Gasteiger partial charge in [0.2, 0.25) is 15.9 Å². The van der Waals surface area contributed by atoms with Gasteiger partial charge in [-0.05, 0) is 18.9 Å². The van der Waals surface area contributed by atoms with Crippen molar-refractivity contribution < 1.29 is 17.9 Å². The summed E-state index contributed by atoms with van der Waals surface area (Å²) in [5, 5.41) is 0.187.